The zero-order valence-electron chi connectivity index (χ0n) is 8.56. The maximum absolute atomic E-state index is 11.5. The molecule has 1 aromatic heterocycles. The third kappa shape index (κ3) is 3.24. The monoisotopic (exact) mass is 226 g/mol. The van der Waals surface area contributed by atoms with Gasteiger partial charge in [0, 0.05) is 18.0 Å². The van der Waals surface area contributed by atoms with Gasteiger partial charge in [-0.05, 0) is 31.3 Å². The molecule has 1 saturated carbocycles. The largest absolute Gasteiger partial charge is 0.352 e. The molecule has 15 heavy (non-hydrogen) atoms. The minimum atomic E-state index is -0.174. The molecule has 1 heterocycles. The smallest absolute Gasteiger partial charge is 0.237 e. The van der Waals surface area contributed by atoms with E-state index in [-0.39, 0.29) is 11.9 Å². The van der Waals surface area contributed by atoms with Gasteiger partial charge in [-0.2, -0.15) is 0 Å². The van der Waals surface area contributed by atoms with Crippen LogP contribution in [-0.4, -0.2) is 27.6 Å². The van der Waals surface area contributed by atoms with E-state index < -0.39 is 0 Å². The van der Waals surface area contributed by atoms with Crippen LogP contribution in [-0.2, 0) is 11.3 Å². The van der Waals surface area contributed by atoms with Crippen molar-refractivity contribution in [1.82, 2.24) is 20.2 Å². The lowest BCUT2D eigenvalue weighted by Gasteiger charge is -2.12. The molecule has 0 saturated heterocycles. The lowest BCUT2D eigenvalue weighted by atomic mass is 10.3. The molecule has 2 rings (SSSR count). The van der Waals surface area contributed by atoms with Crippen LogP contribution in [0, 0.1) is 0 Å². The molecular weight excluding hydrogens is 212 g/mol. The van der Waals surface area contributed by atoms with E-state index in [9.17, 15) is 4.79 Å². The summed E-state index contributed by atoms with van der Waals surface area (Å²) in [5, 5.41) is 11.8. The van der Waals surface area contributed by atoms with Gasteiger partial charge in [-0.25, -0.2) is 0 Å². The lowest BCUT2D eigenvalue weighted by Crippen LogP contribution is -2.42. The van der Waals surface area contributed by atoms with Crippen LogP contribution in [0.5, 0.6) is 0 Å². The van der Waals surface area contributed by atoms with Crippen molar-refractivity contribution in [3.8, 4) is 0 Å². The Labute approximate surface area is 92.4 Å². The van der Waals surface area contributed by atoms with Crippen LogP contribution in [0.4, 0.5) is 0 Å². The van der Waals surface area contributed by atoms with Crippen molar-refractivity contribution in [2.24, 2.45) is 0 Å². The summed E-state index contributed by atoms with van der Waals surface area (Å²) in [7, 11) is 0. The summed E-state index contributed by atoms with van der Waals surface area (Å²) in [6, 6.07) is 0.245. The highest BCUT2D eigenvalue weighted by molar-refractivity contribution is 7.03. The fourth-order valence-electron chi connectivity index (χ4n) is 1.17. The number of nitrogens with one attached hydrogen (secondary N) is 2. The first kappa shape index (κ1) is 10.5. The molecule has 1 aromatic rings. The molecule has 82 valence electrons. The van der Waals surface area contributed by atoms with E-state index in [4.69, 9.17) is 0 Å². The fraction of sp³-hybridized carbons (Fsp3) is 0.667. The van der Waals surface area contributed by atoms with E-state index in [0.29, 0.717) is 12.6 Å². The van der Waals surface area contributed by atoms with E-state index in [1.54, 1.807) is 0 Å². The summed E-state index contributed by atoms with van der Waals surface area (Å²) in [5.74, 6) is 0.0701. The van der Waals surface area contributed by atoms with Crippen LogP contribution in [0.1, 0.15) is 25.5 Å². The molecule has 1 amide bonds. The maximum atomic E-state index is 11.5. The summed E-state index contributed by atoms with van der Waals surface area (Å²) >= 11 is 1.32. The molecule has 0 bridgehead atoms. The van der Waals surface area contributed by atoms with E-state index in [0.717, 1.165) is 18.5 Å². The van der Waals surface area contributed by atoms with Crippen molar-refractivity contribution >= 4 is 17.4 Å². The second-order valence-electron chi connectivity index (χ2n) is 3.78. The molecular formula is C9H14N4OS. The molecule has 0 spiro atoms. The van der Waals surface area contributed by atoms with Crippen molar-refractivity contribution in [3.05, 3.63) is 11.1 Å². The normalized spacial score (nSPS) is 17.4. The fourth-order valence-corrected chi connectivity index (χ4v) is 1.62. The van der Waals surface area contributed by atoms with Crippen molar-refractivity contribution in [1.29, 1.82) is 0 Å². The van der Waals surface area contributed by atoms with Gasteiger partial charge in [-0.1, -0.05) is 4.49 Å². The van der Waals surface area contributed by atoms with Gasteiger partial charge in [0.25, 0.3) is 0 Å². The van der Waals surface area contributed by atoms with E-state index in [2.05, 4.69) is 20.2 Å². The van der Waals surface area contributed by atoms with Crippen LogP contribution in [0.15, 0.2) is 5.38 Å². The third-order valence-electron chi connectivity index (χ3n) is 2.31. The summed E-state index contributed by atoms with van der Waals surface area (Å²) in [5.41, 5.74) is 0.881. The van der Waals surface area contributed by atoms with Crippen LogP contribution in [0.25, 0.3) is 0 Å². The molecule has 1 fully saturated rings. The Balaban J connectivity index is 1.71. The van der Waals surface area contributed by atoms with Crippen LogP contribution < -0.4 is 10.6 Å². The van der Waals surface area contributed by atoms with Crippen molar-refractivity contribution in [2.45, 2.75) is 38.4 Å². The van der Waals surface area contributed by atoms with Crippen LogP contribution in [0.2, 0.25) is 0 Å². The van der Waals surface area contributed by atoms with Crippen LogP contribution >= 0.6 is 11.5 Å². The standard InChI is InChI=1S/C9H14N4OS/c1-6(9(14)11-7-2-3-7)10-4-8-5-15-13-12-8/h5-7,10H,2-4H2,1H3,(H,11,14). The molecule has 6 heteroatoms. The minimum Gasteiger partial charge on any atom is -0.352 e. The van der Waals surface area contributed by atoms with Gasteiger partial charge < -0.3 is 10.6 Å². The number of aromatic nitrogens is 2. The molecule has 0 aromatic carbocycles. The van der Waals surface area contributed by atoms with Gasteiger partial charge in [0.2, 0.25) is 5.91 Å². The second-order valence-corrected chi connectivity index (χ2v) is 4.39. The van der Waals surface area contributed by atoms with Crippen molar-refractivity contribution < 1.29 is 4.79 Å². The average molecular weight is 226 g/mol. The first-order valence-electron chi connectivity index (χ1n) is 5.05. The molecule has 5 nitrogen and oxygen atoms in total. The first-order chi connectivity index (χ1) is 7.25. The molecule has 2 N–H and O–H groups in total. The highest BCUT2D eigenvalue weighted by atomic mass is 32.1. The van der Waals surface area contributed by atoms with Gasteiger partial charge in [-0.15, -0.1) is 5.10 Å². The molecule has 1 atom stereocenters. The van der Waals surface area contributed by atoms with Gasteiger partial charge in [-0.3, -0.25) is 4.79 Å². The number of rotatable bonds is 5. The number of hydrogen-bond acceptors (Lipinski definition) is 5. The average Bonchev–Trinajstić information content (AvgIpc) is 2.88. The Hall–Kier alpha value is -1.01. The third-order valence-corrected chi connectivity index (χ3v) is 2.86. The number of nitrogens with zero attached hydrogens (tertiary/aromatic N) is 2. The van der Waals surface area contributed by atoms with Gasteiger partial charge >= 0.3 is 0 Å². The quantitative estimate of drug-likeness (QED) is 0.757. The summed E-state index contributed by atoms with van der Waals surface area (Å²) in [6.45, 7) is 2.45. The maximum Gasteiger partial charge on any atom is 0.237 e. The van der Waals surface area contributed by atoms with Gasteiger partial charge in [0.15, 0.2) is 0 Å². The predicted molar refractivity (Wildman–Crippen MR) is 57.4 cm³/mol. The second kappa shape index (κ2) is 4.67. The van der Waals surface area contributed by atoms with Crippen molar-refractivity contribution in [3.63, 3.8) is 0 Å². The Morgan fingerprint density at radius 2 is 2.53 bits per heavy atom. The zero-order valence-corrected chi connectivity index (χ0v) is 9.38. The van der Waals surface area contributed by atoms with Crippen molar-refractivity contribution in [2.75, 3.05) is 0 Å². The summed E-state index contributed by atoms with van der Waals surface area (Å²) in [4.78, 5) is 11.5. The molecule has 1 unspecified atom stereocenters. The Bertz CT molecular complexity index is 323. The number of carbonyl (C=O) groups excluding carboxylic acids is 1. The molecule has 1 aliphatic carbocycles. The summed E-state index contributed by atoms with van der Waals surface area (Å²) in [6.07, 6.45) is 2.24. The predicted octanol–water partition coefficient (Wildman–Crippen LogP) is 0.295. The molecule has 1 aliphatic rings. The Kier molecular flexibility index (Phi) is 3.27. The van der Waals surface area contributed by atoms with Gasteiger partial charge in [0.05, 0.1) is 11.7 Å². The highest BCUT2D eigenvalue weighted by Gasteiger charge is 2.25. The lowest BCUT2D eigenvalue weighted by molar-refractivity contribution is -0.122. The van der Waals surface area contributed by atoms with E-state index in [1.807, 2.05) is 12.3 Å². The highest BCUT2D eigenvalue weighted by Crippen LogP contribution is 2.18. The van der Waals surface area contributed by atoms with Crippen LogP contribution in [0.3, 0.4) is 0 Å². The molecule has 0 radical (unpaired) electrons. The SMILES string of the molecule is CC(NCc1csnn1)C(=O)NC1CC1. The minimum absolute atomic E-state index is 0.0701. The topological polar surface area (TPSA) is 66.9 Å². The van der Waals surface area contributed by atoms with E-state index >= 15 is 0 Å². The van der Waals surface area contributed by atoms with Gasteiger partial charge in [0.1, 0.15) is 0 Å². The number of amides is 1. The number of hydrogen-bond donors (Lipinski definition) is 2. The summed E-state index contributed by atoms with van der Waals surface area (Å²) < 4.78 is 3.75. The molecule has 0 aliphatic heterocycles. The zero-order chi connectivity index (χ0) is 10.7. The first-order valence-corrected chi connectivity index (χ1v) is 5.89. The Morgan fingerprint density at radius 1 is 1.73 bits per heavy atom. The number of carbonyl (C=O) groups is 1. The van der Waals surface area contributed by atoms with E-state index in [1.165, 1.54) is 11.5 Å². The Morgan fingerprint density at radius 3 is 3.13 bits per heavy atom.